The van der Waals surface area contributed by atoms with Crippen molar-refractivity contribution in [2.24, 2.45) is 0 Å². The molecule has 1 saturated heterocycles. The first-order valence-electron chi connectivity index (χ1n) is 12.0. The molecule has 1 aliphatic heterocycles. The van der Waals surface area contributed by atoms with Gasteiger partial charge in [0, 0.05) is 24.5 Å². The summed E-state index contributed by atoms with van der Waals surface area (Å²) in [6.45, 7) is 10.1. The van der Waals surface area contributed by atoms with Gasteiger partial charge in [-0.15, -0.1) is 11.3 Å². The highest BCUT2D eigenvalue weighted by molar-refractivity contribution is 7.22. The molecule has 36 heavy (non-hydrogen) atoms. The molecule has 0 bridgehead atoms. The highest BCUT2D eigenvalue weighted by Gasteiger charge is 2.39. The Bertz CT molecular complexity index is 1380. The van der Waals surface area contributed by atoms with Gasteiger partial charge in [0.15, 0.2) is 0 Å². The summed E-state index contributed by atoms with van der Waals surface area (Å²) in [6, 6.07) is 18.5. The number of halogens is 1. The van der Waals surface area contributed by atoms with Gasteiger partial charge in [-0.2, -0.15) is 0 Å². The Morgan fingerprint density at radius 2 is 1.78 bits per heavy atom. The minimum absolute atomic E-state index is 0.0731. The number of hydrogen-bond acceptors (Lipinski definition) is 5. The molecule has 3 heterocycles. The number of amides is 2. The Morgan fingerprint density at radius 3 is 2.47 bits per heavy atom. The van der Waals surface area contributed by atoms with Crippen LogP contribution in [0.2, 0.25) is 0 Å². The monoisotopic (exact) mass is 503 g/mol. The van der Waals surface area contributed by atoms with Crippen LogP contribution in [0.3, 0.4) is 0 Å². The van der Waals surface area contributed by atoms with Gasteiger partial charge in [0.25, 0.3) is 0 Å². The molecular formula is C28H30FN5OS. The second-order valence-corrected chi connectivity index (χ2v) is 11.4. The van der Waals surface area contributed by atoms with Crippen molar-refractivity contribution in [1.82, 2.24) is 20.2 Å². The van der Waals surface area contributed by atoms with Crippen LogP contribution in [0.5, 0.6) is 0 Å². The van der Waals surface area contributed by atoms with E-state index in [1.807, 2.05) is 55.1 Å². The number of aromatic nitrogens is 2. The van der Waals surface area contributed by atoms with Gasteiger partial charge in [-0.3, -0.25) is 0 Å². The van der Waals surface area contributed by atoms with Crippen LogP contribution in [-0.2, 0) is 5.54 Å². The summed E-state index contributed by atoms with van der Waals surface area (Å²) in [4.78, 5) is 27.7. The first kappa shape index (κ1) is 24.2. The Hall–Kier alpha value is -3.52. The van der Waals surface area contributed by atoms with Crippen molar-refractivity contribution in [2.45, 2.75) is 38.8 Å². The number of carbonyl (C=O) groups excluding carboxylic acids is 1. The molecule has 0 aliphatic carbocycles. The number of thiophene rings is 1. The molecular weight excluding hydrogens is 473 g/mol. The van der Waals surface area contributed by atoms with E-state index in [4.69, 9.17) is 0 Å². The number of anilines is 1. The van der Waals surface area contributed by atoms with Crippen molar-refractivity contribution in [1.29, 1.82) is 0 Å². The summed E-state index contributed by atoms with van der Waals surface area (Å²) in [7, 11) is 0. The molecule has 2 amide bonds. The number of rotatable bonds is 4. The smallest absolute Gasteiger partial charge is 0.318 e. The first-order chi connectivity index (χ1) is 17.1. The van der Waals surface area contributed by atoms with Crippen molar-refractivity contribution in [3.05, 3.63) is 78.4 Å². The van der Waals surface area contributed by atoms with Crippen molar-refractivity contribution in [3.8, 4) is 10.4 Å². The van der Waals surface area contributed by atoms with Gasteiger partial charge < -0.3 is 15.1 Å². The number of benzene rings is 2. The fraction of sp³-hybridized carbons (Fsp3) is 0.321. The zero-order valence-electron chi connectivity index (χ0n) is 21.0. The molecule has 8 heteroatoms. The Labute approximate surface area is 214 Å². The largest absolute Gasteiger partial charge is 0.351 e. The summed E-state index contributed by atoms with van der Waals surface area (Å²) in [5.41, 5.74) is 1.98. The standard InChI is InChI=1S/C28H30FN5OS/c1-27(2)17-33(14-15-34(27)26(35)32-28(3,4)20-8-6-5-7-9-20)25-24-22(30-18-31-25)16-23(36-24)19-10-12-21(29)13-11-19/h5-13,16,18H,14-15,17H2,1-4H3,(H,32,35). The van der Waals surface area contributed by atoms with Gasteiger partial charge in [-0.1, -0.05) is 42.5 Å². The Balaban J connectivity index is 1.36. The highest BCUT2D eigenvalue weighted by Crippen LogP contribution is 2.38. The quantitative estimate of drug-likeness (QED) is 0.369. The van der Waals surface area contributed by atoms with Crippen molar-refractivity contribution >= 4 is 33.4 Å². The number of piperazine rings is 1. The average Bonchev–Trinajstić information content (AvgIpc) is 3.28. The number of fused-ring (bicyclic) bond motifs is 1. The van der Waals surface area contributed by atoms with Crippen LogP contribution in [0, 0.1) is 5.82 Å². The molecule has 4 aromatic rings. The second kappa shape index (κ2) is 9.17. The predicted octanol–water partition coefficient (Wildman–Crippen LogP) is 6.04. The van der Waals surface area contributed by atoms with Crippen LogP contribution in [-0.4, -0.2) is 46.1 Å². The number of urea groups is 1. The second-order valence-electron chi connectivity index (χ2n) is 10.3. The van der Waals surface area contributed by atoms with Gasteiger partial charge in [0.2, 0.25) is 0 Å². The van der Waals surface area contributed by atoms with E-state index in [-0.39, 0.29) is 11.8 Å². The molecule has 0 radical (unpaired) electrons. The number of nitrogens with zero attached hydrogens (tertiary/aromatic N) is 4. The SMILES string of the molecule is CC(C)(NC(=O)N1CCN(c2ncnc3cc(-c4ccc(F)cc4)sc23)CC1(C)C)c1ccccc1. The van der Waals surface area contributed by atoms with Gasteiger partial charge >= 0.3 is 6.03 Å². The van der Waals surface area contributed by atoms with E-state index in [9.17, 15) is 9.18 Å². The van der Waals surface area contributed by atoms with Crippen LogP contribution in [0.15, 0.2) is 67.0 Å². The van der Waals surface area contributed by atoms with Crippen LogP contribution >= 0.6 is 11.3 Å². The van der Waals surface area contributed by atoms with E-state index in [0.717, 1.165) is 32.0 Å². The van der Waals surface area contributed by atoms with E-state index < -0.39 is 11.1 Å². The Morgan fingerprint density at radius 1 is 1.06 bits per heavy atom. The third kappa shape index (κ3) is 4.65. The maximum atomic E-state index is 13.4. The average molecular weight is 504 g/mol. The third-order valence-electron chi connectivity index (χ3n) is 6.78. The Kier molecular flexibility index (Phi) is 6.16. The number of carbonyl (C=O) groups is 1. The van der Waals surface area contributed by atoms with Crippen molar-refractivity contribution in [2.75, 3.05) is 24.5 Å². The third-order valence-corrected chi connectivity index (χ3v) is 7.95. The molecule has 5 rings (SSSR count). The van der Waals surface area contributed by atoms with Gasteiger partial charge in [-0.05, 0) is 57.0 Å². The zero-order chi connectivity index (χ0) is 25.5. The normalized spacial score (nSPS) is 15.8. The fourth-order valence-corrected chi connectivity index (χ4v) is 5.93. The molecule has 186 valence electrons. The van der Waals surface area contributed by atoms with E-state index in [1.165, 1.54) is 12.1 Å². The molecule has 1 N–H and O–H groups in total. The molecule has 0 atom stereocenters. The van der Waals surface area contributed by atoms with E-state index in [0.29, 0.717) is 19.6 Å². The minimum atomic E-state index is -0.488. The molecule has 0 saturated carbocycles. The summed E-state index contributed by atoms with van der Waals surface area (Å²) >= 11 is 1.61. The summed E-state index contributed by atoms with van der Waals surface area (Å²) in [5, 5.41) is 3.23. The maximum absolute atomic E-state index is 13.4. The van der Waals surface area contributed by atoms with Crippen LogP contribution in [0.25, 0.3) is 20.7 Å². The molecule has 2 aromatic carbocycles. The summed E-state index contributed by atoms with van der Waals surface area (Å²) < 4.78 is 14.4. The molecule has 1 fully saturated rings. The summed E-state index contributed by atoms with van der Waals surface area (Å²) in [6.07, 6.45) is 1.59. The van der Waals surface area contributed by atoms with Gasteiger partial charge in [-0.25, -0.2) is 19.2 Å². The van der Waals surface area contributed by atoms with Crippen LogP contribution in [0.1, 0.15) is 33.3 Å². The lowest BCUT2D eigenvalue weighted by atomic mass is 9.94. The van der Waals surface area contributed by atoms with Gasteiger partial charge in [0.05, 0.1) is 21.3 Å². The van der Waals surface area contributed by atoms with Gasteiger partial charge in [0.1, 0.15) is 18.0 Å². The minimum Gasteiger partial charge on any atom is -0.351 e. The van der Waals surface area contributed by atoms with Crippen molar-refractivity contribution in [3.63, 3.8) is 0 Å². The van der Waals surface area contributed by atoms with E-state index in [2.05, 4.69) is 34.0 Å². The molecule has 1 aliphatic rings. The van der Waals surface area contributed by atoms with Crippen LogP contribution < -0.4 is 10.2 Å². The lowest BCUT2D eigenvalue weighted by molar-refractivity contribution is 0.117. The maximum Gasteiger partial charge on any atom is 0.318 e. The molecule has 0 unspecified atom stereocenters. The number of hydrogen-bond donors (Lipinski definition) is 1. The molecule has 0 spiro atoms. The van der Waals surface area contributed by atoms with Crippen LogP contribution in [0.4, 0.5) is 15.0 Å². The molecule has 6 nitrogen and oxygen atoms in total. The number of nitrogens with one attached hydrogen (secondary N) is 1. The lowest BCUT2D eigenvalue weighted by Gasteiger charge is -2.48. The van der Waals surface area contributed by atoms with E-state index >= 15 is 0 Å². The summed E-state index contributed by atoms with van der Waals surface area (Å²) in [5.74, 6) is 0.618. The fourth-order valence-electron chi connectivity index (χ4n) is 4.80. The topological polar surface area (TPSA) is 61.4 Å². The zero-order valence-corrected chi connectivity index (χ0v) is 21.8. The highest BCUT2D eigenvalue weighted by atomic mass is 32.1. The van der Waals surface area contributed by atoms with E-state index in [1.54, 1.807) is 29.8 Å². The lowest BCUT2D eigenvalue weighted by Crippen LogP contribution is -2.64. The first-order valence-corrected chi connectivity index (χ1v) is 12.9. The predicted molar refractivity (Wildman–Crippen MR) is 144 cm³/mol. The van der Waals surface area contributed by atoms with Crippen molar-refractivity contribution < 1.29 is 9.18 Å². The molecule has 2 aromatic heterocycles.